The van der Waals surface area contributed by atoms with Crippen LogP contribution in [0.3, 0.4) is 0 Å². The molecule has 5 heteroatoms. The summed E-state index contributed by atoms with van der Waals surface area (Å²) in [5, 5.41) is 3.62. The predicted octanol–water partition coefficient (Wildman–Crippen LogP) is 1.98. The van der Waals surface area contributed by atoms with E-state index in [0.29, 0.717) is 4.47 Å². The van der Waals surface area contributed by atoms with Crippen molar-refractivity contribution in [2.75, 3.05) is 19.6 Å². The Labute approximate surface area is 105 Å². The topological polar surface area (TPSA) is 28.2 Å². The van der Waals surface area contributed by atoms with Gasteiger partial charge in [-0.2, -0.15) is 0 Å². The molecule has 0 aromatic carbocycles. The van der Waals surface area contributed by atoms with Gasteiger partial charge in [0.1, 0.15) is 0 Å². The normalized spacial score (nSPS) is 30.6. The average Bonchev–Trinajstić information content (AvgIpc) is 2.84. The maximum atomic E-state index is 5.84. The molecular formula is C11H16ClN3S. The first kappa shape index (κ1) is 11.0. The van der Waals surface area contributed by atoms with Crippen LogP contribution in [0.25, 0.3) is 0 Å². The van der Waals surface area contributed by atoms with E-state index in [0.717, 1.165) is 18.5 Å². The number of likely N-dealkylation sites (tertiary alicyclic amines) is 1. The number of halogens is 1. The lowest BCUT2D eigenvalue weighted by Crippen LogP contribution is -2.40. The van der Waals surface area contributed by atoms with Crippen LogP contribution in [0.15, 0.2) is 6.20 Å². The summed E-state index contributed by atoms with van der Waals surface area (Å²) in [6.45, 7) is 4.62. The first-order chi connectivity index (χ1) is 7.81. The third kappa shape index (κ3) is 2.25. The molecule has 2 atom stereocenters. The SMILES string of the molecule is Clc1ncc(CN2C[C@@H]3CCCN[C@@H]3C2)s1. The van der Waals surface area contributed by atoms with Gasteiger partial charge in [-0.25, -0.2) is 4.98 Å². The Morgan fingerprint density at radius 2 is 2.50 bits per heavy atom. The fraction of sp³-hybridized carbons (Fsp3) is 0.727. The third-order valence-corrected chi connectivity index (χ3v) is 4.68. The van der Waals surface area contributed by atoms with Gasteiger partial charge < -0.3 is 5.32 Å². The molecule has 1 aromatic heterocycles. The number of rotatable bonds is 2. The maximum Gasteiger partial charge on any atom is 0.183 e. The Balaban J connectivity index is 1.61. The fourth-order valence-corrected chi connectivity index (χ4v) is 3.86. The lowest BCUT2D eigenvalue weighted by molar-refractivity contribution is 0.315. The highest BCUT2D eigenvalue weighted by Crippen LogP contribution is 2.27. The molecule has 2 aliphatic rings. The molecule has 0 unspecified atom stereocenters. The molecule has 2 aliphatic heterocycles. The molecule has 0 amide bonds. The molecule has 88 valence electrons. The second-order valence-corrected chi connectivity index (χ2v) is 6.43. The quantitative estimate of drug-likeness (QED) is 0.878. The zero-order chi connectivity index (χ0) is 11.0. The van der Waals surface area contributed by atoms with Crippen molar-refractivity contribution in [3.8, 4) is 0 Å². The van der Waals surface area contributed by atoms with Gasteiger partial charge in [0.15, 0.2) is 4.47 Å². The third-order valence-electron chi connectivity index (χ3n) is 3.58. The van der Waals surface area contributed by atoms with E-state index in [1.54, 1.807) is 11.3 Å². The summed E-state index contributed by atoms with van der Waals surface area (Å²) in [5.74, 6) is 0.858. The van der Waals surface area contributed by atoms with Gasteiger partial charge >= 0.3 is 0 Å². The number of thiazole rings is 1. The first-order valence-electron chi connectivity index (χ1n) is 5.87. The minimum Gasteiger partial charge on any atom is -0.312 e. The number of hydrogen-bond acceptors (Lipinski definition) is 4. The fourth-order valence-electron chi connectivity index (χ4n) is 2.84. The Kier molecular flexibility index (Phi) is 3.16. The predicted molar refractivity (Wildman–Crippen MR) is 66.9 cm³/mol. The molecule has 0 aliphatic carbocycles. The van der Waals surface area contributed by atoms with Crippen LogP contribution in [0.1, 0.15) is 17.7 Å². The van der Waals surface area contributed by atoms with E-state index in [1.165, 1.54) is 37.4 Å². The van der Waals surface area contributed by atoms with Gasteiger partial charge in [-0.05, 0) is 25.3 Å². The van der Waals surface area contributed by atoms with E-state index in [2.05, 4.69) is 15.2 Å². The van der Waals surface area contributed by atoms with Crippen LogP contribution < -0.4 is 5.32 Å². The van der Waals surface area contributed by atoms with Crippen molar-refractivity contribution in [3.05, 3.63) is 15.5 Å². The van der Waals surface area contributed by atoms with E-state index < -0.39 is 0 Å². The Hall–Kier alpha value is -0.160. The summed E-state index contributed by atoms with van der Waals surface area (Å²) in [7, 11) is 0. The second kappa shape index (κ2) is 4.61. The maximum absolute atomic E-state index is 5.84. The van der Waals surface area contributed by atoms with Crippen LogP contribution in [0.2, 0.25) is 4.47 Å². The largest absolute Gasteiger partial charge is 0.312 e. The monoisotopic (exact) mass is 257 g/mol. The zero-order valence-electron chi connectivity index (χ0n) is 9.16. The van der Waals surface area contributed by atoms with Gasteiger partial charge in [-0.3, -0.25) is 4.90 Å². The summed E-state index contributed by atoms with van der Waals surface area (Å²) in [6.07, 6.45) is 4.63. The van der Waals surface area contributed by atoms with E-state index >= 15 is 0 Å². The van der Waals surface area contributed by atoms with Crippen LogP contribution >= 0.6 is 22.9 Å². The van der Waals surface area contributed by atoms with E-state index in [-0.39, 0.29) is 0 Å². The highest BCUT2D eigenvalue weighted by Gasteiger charge is 2.34. The minimum atomic E-state index is 0.657. The molecule has 0 saturated carbocycles. The Morgan fingerprint density at radius 1 is 1.56 bits per heavy atom. The molecule has 16 heavy (non-hydrogen) atoms. The molecule has 1 N–H and O–H groups in total. The number of hydrogen-bond donors (Lipinski definition) is 1. The molecule has 2 fully saturated rings. The smallest absolute Gasteiger partial charge is 0.183 e. The summed E-state index contributed by atoms with van der Waals surface area (Å²) in [4.78, 5) is 7.90. The van der Waals surface area contributed by atoms with Gasteiger partial charge in [-0.1, -0.05) is 11.6 Å². The molecule has 0 radical (unpaired) electrons. The molecule has 2 saturated heterocycles. The molecular weight excluding hydrogens is 242 g/mol. The number of aromatic nitrogens is 1. The van der Waals surface area contributed by atoms with Crippen molar-refractivity contribution >= 4 is 22.9 Å². The summed E-state index contributed by atoms with van der Waals surface area (Å²) in [6, 6.07) is 0.720. The summed E-state index contributed by atoms with van der Waals surface area (Å²) >= 11 is 7.44. The number of nitrogens with one attached hydrogen (secondary N) is 1. The summed E-state index contributed by atoms with van der Waals surface area (Å²) < 4.78 is 0.657. The molecule has 0 bridgehead atoms. The van der Waals surface area contributed by atoms with Crippen molar-refractivity contribution < 1.29 is 0 Å². The Morgan fingerprint density at radius 3 is 3.25 bits per heavy atom. The van der Waals surface area contributed by atoms with Gasteiger partial charge in [0.05, 0.1) is 0 Å². The van der Waals surface area contributed by atoms with Gasteiger partial charge in [-0.15, -0.1) is 11.3 Å². The van der Waals surface area contributed by atoms with Crippen LogP contribution in [0.4, 0.5) is 0 Å². The average molecular weight is 258 g/mol. The second-order valence-electron chi connectivity index (χ2n) is 4.74. The molecule has 0 spiro atoms. The zero-order valence-corrected chi connectivity index (χ0v) is 10.7. The first-order valence-corrected chi connectivity index (χ1v) is 7.06. The molecule has 3 nitrogen and oxygen atoms in total. The lowest BCUT2D eigenvalue weighted by Gasteiger charge is -2.24. The standard InChI is InChI=1S/C11H16ClN3S/c12-11-14-4-9(16-11)6-15-5-8-2-1-3-13-10(8)7-15/h4,8,10,13H,1-3,5-7H2/t8-,10+/m0/s1. The van der Waals surface area contributed by atoms with Crippen molar-refractivity contribution in [2.45, 2.75) is 25.4 Å². The molecule has 1 aromatic rings. The highest BCUT2D eigenvalue weighted by atomic mass is 35.5. The highest BCUT2D eigenvalue weighted by molar-refractivity contribution is 7.15. The molecule has 3 rings (SSSR count). The van der Waals surface area contributed by atoms with Crippen LogP contribution in [0, 0.1) is 5.92 Å². The van der Waals surface area contributed by atoms with E-state index in [4.69, 9.17) is 11.6 Å². The number of nitrogens with zero attached hydrogens (tertiary/aromatic N) is 2. The Bertz CT molecular complexity index is 354. The summed E-state index contributed by atoms with van der Waals surface area (Å²) in [5.41, 5.74) is 0. The van der Waals surface area contributed by atoms with Crippen molar-refractivity contribution in [3.63, 3.8) is 0 Å². The van der Waals surface area contributed by atoms with E-state index in [1.807, 2.05) is 6.20 Å². The molecule has 3 heterocycles. The van der Waals surface area contributed by atoms with Gasteiger partial charge in [0.25, 0.3) is 0 Å². The van der Waals surface area contributed by atoms with Crippen LogP contribution in [-0.2, 0) is 6.54 Å². The number of piperidine rings is 1. The minimum absolute atomic E-state index is 0.657. The van der Waals surface area contributed by atoms with Crippen LogP contribution in [-0.4, -0.2) is 35.6 Å². The van der Waals surface area contributed by atoms with Gasteiger partial charge in [0, 0.05) is 36.8 Å². The van der Waals surface area contributed by atoms with Crippen molar-refractivity contribution in [1.82, 2.24) is 15.2 Å². The van der Waals surface area contributed by atoms with Crippen molar-refractivity contribution in [1.29, 1.82) is 0 Å². The lowest BCUT2D eigenvalue weighted by atomic mass is 9.94. The van der Waals surface area contributed by atoms with E-state index in [9.17, 15) is 0 Å². The van der Waals surface area contributed by atoms with Crippen LogP contribution in [0.5, 0.6) is 0 Å². The number of fused-ring (bicyclic) bond motifs is 1. The van der Waals surface area contributed by atoms with Gasteiger partial charge in [0.2, 0.25) is 0 Å². The van der Waals surface area contributed by atoms with Crippen molar-refractivity contribution in [2.24, 2.45) is 5.92 Å².